The van der Waals surface area contributed by atoms with Gasteiger partial charge in [-0.3, -0.25) is 4.79 Å². The van der Waals surface area contributed by atoms with Gasteiger partial charge < -0.3 is 15.7 Å². The lowest BCUT2D eigenvalue weighted by atomic mass is 10.1. The number of hydrogen-bond donors (Lipinski definition) is 2. The topological polar surface area (TPSA) is 101 Å². The maximum Gasteiger partial charge on any atom is 0.239 e. The zero-order chi connectivity index (χ0) is 15.5. The van der Waals surface area contributed by atoms with Crippen molar-refractivity contribution in [1.29, 1.82) is 0 Å². The van der Waals surface area contributed by atoms with Gasteiger partial charge in [0.1, 0.15) is 5.75 Å². The number of hydrogen-bond acceptors (Lipinski definition) is 5. The summed E-state index contributed by atoms with van der Waals surface area (Å²) in [4.78, 5) is 13.8. The van der Waals surface area contributed by atoms with Crippen LogP contribution in [0.4, 0.5) is 0 Å². The van der Waals surface area contributed by atoms with Gasteiger partial charge in [-0.1, -0.05) is 12.1 Å². The average Bonchev–Trinajstić information content (AvgIpc) is 2.61. The molecule has 1 aliphatic heterocycles. The number of amides is 1. The predicted octanol–water partition coefficient (Wildman–Crippen LogP) is -0.0909. The summed E-state index contributed by atoms with van der Waals surface area (Å²) in [6, 6.07) is 5.83. The zero-order valence-corrected chi connectivity index (χ0v) is 12.6. The van der Waals surface area contributed by atoms with E-state index in [1.54, 1.807) is 24.3 Å². The molecule has 1 amide bonds. The molecular weight excluding hydrogens is 292 g/mol. The first kappa shape index (κ1) is 15.8. The van der Waals surface area contributed by atoms with Crippen LogP contribution in [-0.2, 0) is 21.1 Å². The molecule has 0 saturated carbocycles. The summed E-state index contributed by atoms with van der Waals surface area (Å²) < 4.78 is 23.1. The van der Waals surface area contributed by atoms with E-state index in [4.69, 9.17) is 5.73 Å². The van der Waals surface area contributed by atoms with Crippen LogP contribution < -0.4 is 5.73 Å². The van der Waals surface area contributed by atoms with Crippen LogP contribution in [0.1, 0.15) is 12.0 Å². The Balaban J connectivity index is 1.97. The number of nitrogens with zero attached hydrogens (tertiary/aromatic N) is 1. The third-order valence-corrected chi connectivity index (χ3v) is 5.29. The van der Waals surface area contributed by atoms with Crippen molar-refractivity contribution >= 4 is 15.7 Å². The maximum atomic E-state index is 12.3. The largest absolute Gasteiger partial charge is 0.508 e. The molecule has 0 radical (unpaired) electrons. The lowest BCUT2D eigenvalue weighted by Crippen LogP contribution is -2.46. The number of carbonyl (C=O) groups excluding carboxylic acids is 1. The highest BCUT2D eigenvalue weighted by atomic mass is 32.2. The second kappa shape index (κ2) is 6.44. The van der Waals surface area contributed by atoms with Crippen LogP contribution in [0.3, 0.4) is 0 Å². The van der Waals surface area contributed by atoms with Crippen LogP contribution >= 0.6 is 0 Å². The van der Waals surface area contributed by atoms with Crippen LogP contribution in [0, 0.1) is 0 Å². The first-order chi connectivity index (χ1) is 9.87. The van der Waals surface area contributed by atoms with Gasteiger partial charge in [0.05, 0.1) is 17.5 Å². The minimum absolute atomic E-state index is 0.00463. The minimum Gasteiger partial charge on any atom is -0.508 e. The number of aromatic hydroxyl groups is 1. The van der Waals surface area contributed by atoms with E-state index in [1.807, 2.05) is 0 Å². The van der Waals surface area contributed by atoms with E-state index < -0.39 is 15.9 Å². The number of nitrogens with two attached hydrogens (primary N) is 1. The number of phenols is 1. The molecule has 0 spiro atoms. The highest BCUT2D eigenvalue weighted by molar-refractivity contribution is 7.91. The fraction of sp³-hybridized carbons (Fsp3) is 0.500. The summed E-state index contributed by atoms with van der Waals surface area (Å²) in [5, 5.41) is 9.22. The molecule has 21 heavy (non-hydrogen) atoms. The van der Waals surface area contributed by atoms with Gasteiger partial charge in [-0.05, 0) is 30.5 Å². The van der Waals surface area contributed by atoms with Crippen molar-refractivity contribution in [3.05, 3.63) is 29.8 Å². The Morgan fingerprint density at radius 2 is 1.90 bits per heavy atom. The van der Waals surface area contributed by atoms with E-state index in [0.717, 1.165) is 5.56 Å². The van der Waals surface area contributed by atoms with E-state index in [9.17, 15) is 18.3 Å². The van der Waals surface area contributed by atoms with Gasteiger partial charge in [-0.2, -0.15) is 0 Å². The van der Waals surface area contributed by atoms with Gasteiger partial charge in [0.2, 0.25) is 5.91 Å². The molecule has 0 aliphatic carbocycles. The van der Waals surface area contributed by atoms with Crippen molar-refractivity contribution in [1.82, 2.24) is 4.90 Å². The number of sulfone groups is 1. The Morgan fingerprint density at radius 1 is 1.24 bits per heavy atom. The second-order valence-electron chi connectivity index (χ2n) is 5.31. The predicted molar refractivity (Wildman–Crippen MR) is 79.6 cm³/mol. The SMILES string of the molecule is NC(Cc1ccc(O)cc1)C(=O)N1CCCS(=O)(=O)CC1. The normalized spacial score (nSPS) is 19.8. The van der Waals surface area contributed by atoms with Crippen molar-refractivity contribution < 1.29 is 18.3 Å². The van der Waals surface area contributed by atoms with E-state index in [-0.39, 0.29) is 29.7 Å². The monoisotopic (exact) mass is 312 g/mol. The summed E-state index contributed by atoms with van der Waals surface area (Å²) in [7, 11) is -3.04. The van der Waals surface area contributed by atoms with E-state index in [2.05, 4.69) is 0 Å². The van der Waals surface area contributed by atoms with Gasteiger partial charge >= 0.3 is 0 Å². The molecule has 3 N–H and O–H groups in total. The Morgan fingerprint density at radius 3 is 2.57 bits per heavy atom. The Labute approximate surface area is 124 Å². The molecular formula is C14H20N2O4S. The standard InChI is InChI=1S/C14H20N2O4S/c15-13(10-11-2-4-12(17)5-3-11)14(18)16-6-1-8-21(19,20)9-7-16/h2-5,13,17H,1,6-10,15H2. The quantitative estimate of drug-likeness (QED) is 0.812. The molecule has 7 heteroatoms. The molecule has 116 valence electrons. The van der Waals surface area contributed by atoms with Gasteiger partial charge in [0.15, 0.2) is 9.84 Å². The molecule has 1 aromatic carbocycles. The highest BCUT2D eigenvalue weighted by Gasteiger charge is 2.26. The van der Waals surface area contributed by atoms with Crippen LogP contribution in [-0.4, -0.2) is 55.0 Å². The van der Waals surface area contributed by atoms with Crippen molar-refractivity contribution in [2.75, 3.05) is 24.6 Å². The first-order valence-corrected chi connectivity index (χ1v) is 8.72. The van der Waals surface area contributed by atoms with Crippen LogP contribution in [0.25, 0.3) is 0 Å². The van der Waals surface area contributed by atoms with Gasteiger partial charge in [0, 0.05) is 13.1 Å². The van der Waals surface area contributed by atoms with Crippen molar-refractivity contribution in [3.63, 3.8) is 0 Å². The van der Waals surface area contributed by atoms with Crippen LogP contribution in [0.2, 0.25) is 0 Å². The van der Waals surface area contributed by atoms with E-state index in [0.29, 0.717) is 19.4 Å². The average molecular weight is 312 g/mol. The molecule has 6 nitrogen and oxygen atoms in total. The number of carbonyl (C=O) groups is 1. The molecule has 1 atom stereocenters. The minimum atomic E-state index is -3.04. The Hall–Kier alpha value is -1.60. The molecule has 1 aromatic rings. The molecule has 0 bridgehead atoms. The smallest absolute Gasteiger partial charge is 0.239 e. The van der Waals surface area contributed by atoms with Gasteiger partial charge in [-0.15, -0.1) is 0 Å². The molecule has 1 saturated heterocycles. The molecule has 2 rings (SSSR count). The summed E-state index contributed by atoms with van der Waals surface area (Å²) >= 11 is 0. The van der Waals surface area contributed by atoms with Crippen LogP contribution in [0.15, 0.2) is 24.3 Å². The Kier molecular flexibility index (Phi) is 4.84. The highest BCUT2D eigenvalue weighted by Crippen LogP contribution is 2.12. The number of rotatable bonds is 3. The van der Waals surface area contributed by atoms with Crippen molar-refractivity contribution in [2.45, 2.75) is 18.9 Å². The van der Waals surface area contributed by atoms with E-state index in [1.165, 1.54) is 4.90 Å². The second-order valence-corrected chi connectivity index (χ2v) is 7.61. The first-order valence-electron chi connectivity index (χ1n) is 6.90. The summed E-state index contributed by atoms with van der Waals surface area (Å²) in [6.07, 6.45) is 0.822. The molecule has 0 aromatic heterocycles. The van der Waals surface area contributed by atoms with Crippen molar-refractivity contribution in [2.24, 2.45) is 5.73 Å². The summed E-state index contributed by atoms with van der Waals surface area (Å²) in [5.41, 5.74) is 6.79. The lowest BCUT2D eigenvalue weighted by molar-refractivity contribution is -0.132. The third-order valence-electron chi connectivity index (χ3n) is 3.58. The zero-order valence-electron chi connectivity index (χ0n) is 11.7. The molecule has 1 fully saturated rings. The maximum absolute atomic E-state index is 12.3. The fourth-order valence-electron chi connectivity index (χ4n) is 2.37. The third kappa shape index (κ3) is 4.44. The van der Waals surface area contributed by atoms with Crippen molar-refractivity contribution in [3.8, 4) is 5.75 Å². The lowest BCUT2D eigenvalue weighted by Gasteiger charge is -2.23. The van der Waals surface area contributed by atoms with Crippen LogP contribution in [0.5, 0.6) is 5.75 Å². The van der Waals surface area contributed by atoms with Gasteiger partial charge in [0.25, 0.3) is 0 Å². The summed E-state index contributed by atoms with van der Waals surface area (Å²) in [6.45, 7) is 0.645. The Bertz CT molecular complexity index is 598. The van der Waals surface area contributed by atoms with Gasteiger partial charge in [-0.25, -0.2) is 8.42 Å². The number of phenolic OH excluding ortho intramolecular Hbond substituents is 1. The number of benzene rings is 1. The summed E-state index contributed by atoms with van der Waals surface area (Å²) in [5.74, 6) is 0.0748. The van der Waals surface area contributed by atoms with E-state index >= 15 is 0 Å². The molecule has 1 aliphatic rings. The fourth-order valence-corrected chi connectivity index (χ4v) is 3.64. The molecule has 1 unspecified atom stereocenters. The molecule has 1 heterocycles.